The second-order valence-corrected chi connectivity index (χ2v) is 6.76. The molecule has 7 nitrogen and oxygen atoms in total. The smallest absolute Gasteiger partial charge is 0.293 e. The number of sulfonamides is 1. The van der Waals surface area contributed by atoms with Crippen LogP contribution in [-0.4, -0.2) is 33.3 Å². The molecular weight excluding hydrogens is 296 g/mol. The van der Waals surface area contributed by atoms with Crippen LogP contribution in [0.25, 0.3) is 5.76 Å². The van der Waals surface area contributed by atoms with Gasteiger partial charge in [0, 0.05) is 18.7 Å². The molecule has 2 rings (SSSR count). The van der Waals surface area contributed by atoms with Crippen molar-refractivity contribution in [3.63, 3.8) is 0 Å². The molecule has 0 saturated heterocycles. The Morgan fingerprint density at radius 2 is 2.10 bits per heavy atom. The minimum Gasteiger partial charge on any atom is -0.493 e. The number of nitro benzene ring substituents is 1. The minimum absolute atomic E-state index is 0.0232. The standard InChI is InChI=1S/C13H16N2O5S/c1-14(21(2,18)19)12-9-10(6-7-11(12)15(16)17)13-5-3-4-8-20-13/h5-7,9H,3-4,8H2,1-2H3. The number of rotatable bonds is 4. The lowest BCUT2D eigenvalue weighted by atomic mass is 10.1. The summed E-state index contributed by atoms with van der Waals surface area (Å²) in [7, 11) is -2.30. The van der Waals surface area contributed by atoms with Gasteiger partial charge in [0.1, 0.15) is 11.4 Å². The summed E-state index contributed by atoms with van der Waals surface area (Å²) in [5.74, 6) is 0.624. The SMILES string of the molecule is CN(c1cc(C2=CCCCO2)ccc1[N+](=O)[O-])S(C)(=O)=O. The summed E-state index contributed by atoms with van der Waals surface area (Å²) >= 11 is 0. The highest BCUT2D eigenvalue weighted by molar-refractivity contribution is 7.92. The van der Waals surface area contributed by atoms with Crippen molar-refractivity contribution in [1.82, 2.24) is 0 Å². The van der Waals surface area contributed by atoms with Crippen molar-refractivity contribution in [2.45, 2.75) is 12.8 Å². The van der Waals surface area contributed by atoms with Gasteiger partial charge in [-0.1, -0.05) is 0 Å². The Balaban J connectivity index is 2.54. The van der Waals surface area contributed by atoms with E-state index in [-0.39, 0.29) is 11.4 Å². The maximum atomic E-state index is 11.7. The average molecular weight is 312 g/mol. The molecule has 1 heterocycles. The molecule has 21 heavy (non-hydrogen) atoms. The fourth-order valence-corrected chi connectivity index (χ4v) is 2.52. The first kappa shape index (κ1) is 15.3. The van der Waals surface area contributed by atoms with Crippen LogP contribution in [-0.2, 0) is 14.8 Å². The molecule has 0 bridgehead atoms. The maximum Gasteiger partial charge on any atom is 0.293 e. The first-order chi connectivity index (χ1) is 9.80. The molecule has 0 unspecified atom stereocenters. The van der Waals surface area contributed by atoms with Crippen LogP contribution >= 0.6 is 0 Å². The Bertz CT molecular complexity index is 697. The van der Waals surface area contributed by atoms with Gasteiger partial charge < -0.3 is 4.74 Å². The van der Waals surface area contributed by atoms with Crippen LogP contribution in [0.2, 0.25) is 0 Å². The molecule has 0 atom stereocenters. The second-order valence-electron chi connectivity index (χ2n) is 4.75. The van der Waals surface area contributed by atoms with E-state index in [1.54, 1.807) is 6.07 Å². The Hall–Kier alpha value is -2.09. The molecule has 1 aromatic rings. The van der Waals surface area contributed by atoms with Gasteiger partial charge in [-0.15, -0.1) is 0 Å². The van der Waals surface area contributed by atoms with Gasteiger partial charge in [-0.05, 0) is 31.1 Å². The highest BCUT2D eigenvalue weighted by atomic mass is 32.2. The van der Waals surface area contributed by atoms with Crippen molar-refractivity contribution < 1.29 is 18.1 Å². The molecular formula is C13H16N2O5S. The fraction of sp³-hybridized carbons (Fsp3) is 0.385. The first-order valence-corrected chi connectivity index (χ1v) is 8.21. The number of benzene rings is 1. The molecule has 0 spiro atoms. The zero-order chi connectivity index (χ0) is 15.6. The number of anilines is 1. The Labute approximate surface area is 123 Å². The molecule has 8 heteroatoms. The zero-order valence-electron chi connectivity index (χ0n) is 11.8. The highest BCUT2D eigenvalue weighted by Crippen LogP contribution is 2.33. The molecule has 0 N–H and O–H groups in total. The van der Waals surface area contributed by atoms with Gasteiger partial charge in [-0.2, -0.15) is 0 Å². The normalized spacial score (nSPS) is 15.0. The van der Waals surface area contributed by atoms with Gasteiger partial charge in [0.15, 0.2) is 0 Å². The van der Waals surface area contributed by atoms with Crippen LogP contribution in [0.3, 0.4) is 0 Å². The molecule has 0 aliphatic carbocycles. The summed E-state index contributed by atoms with van der Waals surface area (Å²) in [6.45, 7) is 0.583. The predicted octanol–water partition coefficient (Wildman–Crippen LogP) is 2.14. The molecule has 0 radical (unpaired) electrons. The molecule has 114 valence electrons. The summed E-state index contributed by atoms with van der Waals surface area (Å²) in [4.78, 5) is 10.5. The fourth-order valence-electron chi connectivity index (χ4n) is 2.02. The van der Waals surface area contributed by atoms with Crippen molar-refractivity contribution in [3.8, 4) is 0 Å². The van der Waals surface area contributed by atoms with Gasteiger partial charge in [-0.25, -0.2) is 8.42 Å². The number of hydrogen-bond donors (Lipinski definition) is 0. The summed E-state index contributed by atoms with van der Waals surface area (Å²) in [6, 6.07) is 4.33. The van der Waals surface area contributed by atoms with E-state index < -0.39 is 14.9 Å². The topological polar surface area (TPSA) is 89.8 Å². The molecule has 0 saturated carbocycles. The van der Waals surface area contributed by atoms with Crippen LogP contribution in [0.15, 0.2) is 24.3 Å². The van der Waals surface area contributed by atoms with Gasteiger partial charge in [0.25, 0.3) is 5.69 Å². The van der Waals surface area contributed by atoms with Crippen LogP contribution in [0, 0.1) is 10.1 Å². The van der Waals surface area contributed by atoms with Gasteiger partial charge in [0.2, 0.25) is 10.0 Å². The molecule has 1 aliphatic heterocycles. The minimum atomic E-state index is -3.59. The third-order valence-corrected chi connectivity index (χ3v) is 4.42. The summed E-state index contributed by atoms with van der Waals surface area (Å²) in [5, 5.41) is 11.1. The summed E-state index contributed by atoms with van der Waals surface area (Å²) in [6.07, 6.45) is 4.69. The van der Waals surface area contributed by atoms with Gasteiger partial charge >= 0.3 is 0 Å². The van der Waals surface area contributed by atoms with Crippen molar-refractivity contribution in [1.29, 1.82) is 0 Å². The lowest BCUT2D eigenvalue weighted by molar-refractivity contribution is -0.384. The number of hydrogen-bond acceptors (Lipinski definition) is 5. The maximum absolute atomic E-state index is 11.7. The Kier molecular flexibility index (Phi) is 4.17. The van der Waals surface area contributed by atoms with E-state index in [0.29, 0.717) is 17.9 Å². The number of ether oxygens (including phenoxy) is 1. The van der Waals surface area contributed by atoms with Crippen molar-refractivity contribution >= 4 is 27.2 Å². The molecule has 0 aromatic heterocycles. The third kappa shape index (κ3) is 3.33. The summed E-state index contributed by atoms with van der Waals surface area (Å²) < 4.78 is 29.7. The first-order valence-electron chi connectivity index (χ1n) is 6.36. The monoisotopic (exact) mass is 312 g/mol. The van der Waals surface area contributed by atoms with E-state index >= 15 is 0 Å². The van der Waals surface area contributed by atoms with Crippen LogP contribution in [0.1, 0.15) is 18.4 Å². The molecule has 1 aliphatic rings. The predicted molar refractivity (Wildman–Crippen MR) is 79.5 cm³/mol. The largest absolute Gasteiger partial charge is 0.493 e. The van der Waals surface area contributed by atoms with E-state index in [0.717, 1.165) is 23.4 Å². The zero-order valence-corrected chi connectivity index (χ0v) is 12.6. The van der Waals surface area contributed by atoms with Gasteiger partial charge in [-0.3, -0.25) is 14.4 Å². The van der Waals surface area contributed by atoms with Crippen molar-refractivity contribution in [2.24, 2.45) is 0 Å². The van der Waals surface area contributed by atoms with Crippen molar-refractivity contribution in [2.75, 3.05) is 24.2 Å². The number of allylic oxidation sites excluding steroid dienone is 1. The molecule has 0 fully saturated rings. The van der Waals surface area contributed by atoms with E-state index in [4.69, 9.17) is 4.74 Å². The van der Waals surface area contributed by atoms with Crippen LogP contribution in [0.4, 0.5) is 11.4 Å². The lowest BCUT2D eigenvalue weighted by Crippen LogP contribution is -2.25. The number of nitro groups is 1. The molecule has 1 aromatic carbocycles. The third-order valence-electron chi connectivity index (χ3n) is 3.23. The quantitative estimate of drug-likeness (QED) is 0.627. The molecule has 0 amide bonds. The van der Waals surface area contributed by atoms with E-state index in [1.807, 2.05) is 6.08 Å². The van der Waals surface area contributed by atoms with Crippen LogP contribution < -0.4 is 4.31 Å². The van der Waals surface area contributed by atoms with Gasteiger partial charge in [0.05, 0.1) is 17.8 Å². The second kappa shape index (κ2) is 5.72. The van der Waals surface area contributed by atoms with E-state index in [9.17, 15) is 18.5 Å². The van der Waals surface area contributed by atoms with Crippen LogP contribution in [0.5, 0.6) is 0 Å². The van der Waals surface area contributed by atoms with E-state index in [1.165, 1.54) is 19.2 Å². The van der Waals surface area contributed by atoms with E-state index in [2.05, 4.69) is 0 Å². The lowest BCUT2D eigenvalue weighted by Gasteiger charge is -2.19. The average Bonchev–Trinajstić information content (AvgIpc) is 2.45. The number of nitrogens with zero attached hydrogens (tertiary/aromatic N) is 2. The highest BCUT2D eigenvalue weighted by Gasteiger charge is 2.24. The summed E-state index contributed by atoms with van der Waals surface area (Å²) in [5.41, 5.74) is 0.393. The Morgan fingerprint density at radius 3 is 2.62 bits per heavy atom. The Morgan fingerprint density at radius 1 is 1.38 bits per heavy atom. The van der Waals surface area contributed by atoms with Crippen molar-refractivity contribution in [3.05, 3.63) is 40.0 Å².